The van der Waals surface area contributed by atoms with Crippen LogP contribution in [0.5, 0.6) is 0 Å². The number of aliphatic carboxylic acids is 1. The predicted octanol–water partition coefficient (Wildman–Crippen LogP) is 2.79. The summed E-state index contributed by atoms with van der Waals surface area (Å²) in [5, 5.41) is 11.5. The maximum absolute atomic E-state index is 11.7. The number of hydrogen-bond acceptors (Lipinski definition) is 3. The van der Waals surface area contributed by atoms with Crippen molar-refractivity contribution in [2.24, 2.45) is 5.92 Å². The molecule has 0 aromatic carbocycles. The first-order valence-corrected chi connectivity index (χ1v) is 6.40. The molecule has 0 unspecified atom stereocenters. The number of carbonyl (C=O) groups excluding carboxylic acids is 1. The number of ether oxygens (including phenoxy) is 1. The summed E-state index contributed by atoms with van der Waals surface area (Å²) in [6, 6.07) is -0.382. The second-order valence-electron chi connectivity index (χ2n) is 5.43. The van der Waals surface area contributed by atoms with E-state index in [1.54, 1.807) is 20.8 Å². The van der Waals surface area contributed by atoms with Crippen molar-refractivity contribution < 1.29 is 19.4 Å². The average molecular weight is 259 g/mol. The molecule has 18 heavy (non-hydrogen) atoms. The molecule has 0 rings (SSSR count). The van der Waals surface area contributed by atoms with Gasteiger partial charge in [-0.1, -0.05) is 26.7 Å². The molecule has 1 atom stereocenters. The summed E-state index contributed by atoms with van der Waals surface area (Å²) >= 11 is 0. The van der Waals surface area contributed by atoms with Crippen LogP contribution in [0.1, 0.15) is 53.9 Å². The Hall–Kier alpha value is -1.26. The summed E-state index contributed by atoms with van der Waals surface area (Å²) < 4.78 is 5.15. The Balaban J connectivity index is 4.58. The molecule has 0 fully saturated rings. The predicted molar refractivity (Wildman–Crippen MR) is 69.5 cm³/mol. The van der Waals surface area contributed by atoms with Crippen LogP contribution in [0, 0.1) is 5.92 Å². The van der Waals surface area contributed by atoms with E-state index in [1.165, 1.54) is 0 Å². The van der Waals surface area contributed by atoms with E-state index in [2.05, 4.69) is 5.32 Å². The van der Waals surface area contributed by atoms with E-state index in [-0.39, 0.29) is 18.4 Å². The van der Waals surface area contributed by atoms with Gasteiger partial charge < -0.3 is 15.2 Å². The second-order valence-corrected chi connectivity index (χ2v) is 5.43. The van der Waals surface area contributed by atoms with Gasteiger partial charge >= 0.3 is 12.1 Å². The number of amides is 1. The number of alkyl carbamates (subject to hydrolysis) is 1. The van der Waals surface area contributed by atoms with Gasteiger partial charge in [0.15, 0.2) is 0 Å². The van der Waals surface area contributed by atoms with Crippen LogP contribution in [0.25, 0.3) is 0 Å². The molecule has 0 aromatic heterocycles. The van der Waals surface area contributed by atoms with Crippen LogP contribution in [0.2, 0.25) is 0 Å². The Kier molecular flexibility index (Phi) is 6.73. The summed E-state index contributed by atoms with van der Waals surface area (Å²) in [5.74, 6) is -0.767. The Morgan fingerprint density at radius 1 is 1.22 bits per heavy atom. The molecule has 0 bridgehead atoms. The summed E-state index contributed by atoms with van der Waals surface area (Å²) in [6.07, 6.45) is 1.01. The third-order valence-corrected chi connectivity index (χ3v) is 2.71. The van der Waals surface area contributed by atoms with Crippen molar-refractivity contribution in [3.05, 3.63) is 0 Å². The number of carboxylic acid groups (broad SMARTS) is 1. The second kappa shape index (κ2) is 7.24. The van der Waals surface area contributed by atoms with Crippen molar-refractivity contribution in [2.75, 3.05) is 0 Å². The Morgan fingerprint density at radius 3 is 2.06 bits per heavy atom. The van der Waals surface area contributed by atoms with Crippen molar-refractivity contribution in [2.45, 2.75) is 65.5 Å². The highest BCUT2D eigenvalue weighted by Gasteiger charge is 2.25. The first kappa shape index (κ1) is 16.7. The fourth-order valence-electron chi connectivity index (χ4n) is 1.84. The zero-order chi connectivity index (χ0) is 14.3. The van der Waals surface area contributed by atoms with Gasteiger partial charge in [-0.3, -0.25) is 4.79 Å². The molecule has 0 aromatic rings. The molecule has 5 heteroatoms. The third-order valence-electron chi connectivity index (χ3n) is 2.71. The highest BCUT2D eigenvalue weighted by molar-refractivity contribution is 5.71. The molecule has 2 N–H and O–H groups in total. The summed E-state index contributed by atoms with van der Waals surface area (Å²) in [6.45, 7) is 9.29. The first-order chi connectivity index (χ1) is 8.19. The van der Waals surface area contributed by atoms with E-state index >= 15 is 0 Å². The molecule has 0 aliphatic rings. The first-order valence-electron chi connectivity index (χ1n) is 6.40. The van der Waals surface area contributed by atoms with E-state index in [1.807, 2.05) is 13.8 Å². The molecule has 1 amide bonds. The highest BCUT2D eigenvalue weighted by Crippen LogP contribution is 2.17. The Labute approximate surface area is 109 Å². The van der Waals surface area contributed by atoms with Gasteiger partial charge in [0.2, 0.25) is 0 Å². The monoisotopic (exact) mass is 259 g/mol. The van der Waals surface area contributed by atoms with Crippen LogP contribution < -0.4 is 5.32 Å². The van der Waals surface area contributed by atoms with Crippen LogP contribution in [0.15, 0.2) is 0 Å². The lowest BCUT2D eigenvalue weighted by Gasteiger charge is -2.27. The van der Waals surface area contributed by atoms with Gasteiger partial charge in [-0.15, -0.1) is 0 Å². The smallest absolute Gasteiger partial charge is 0.407 e. The SMILES string of the molecule is CCC(CC)[C@H](CC(=O)O)NC(=O)OC(C)(C)C. The molecule has 0 aliphatic carbocycles. The fourth-order valence-corrected chi connectivity index (χ4v) is 1.84. The normalized spacial score (nSPS) is 13.2. The van der Waals surface area contributed by atoms with Crippen molar-refractivity contribution in [1.82, 2.24) is 5.32 Å². The van der Waals surface area contributed by atoms with E-state index in [0.717, 1.165) is 12.8 Å². The van der Waals surface area contributed by atoms with Crippen LogP contribution in [0.3, 0.4) is 0 Å². The van der Waals surface area contributed by atoms with Crippen LogP contribution >= 0.6 is 0 Å². The molecule has 106 valence electrons. The lowest BCUT2D eigenvalue weighted by Crippen LogP contribution is -2.44. The summed E-state index contributed by atoms with van der Waals surface area (Å²) in [7, 11) is 0. The topological polar surface area (TPSA) is 75.6 Å². The molecule has 0 radical (unpaired) electrons. The summed E-state index contributed by atoms with van der Waals surface area (Å²) in [5.41, 5.74) is -0.578. The molecular formula is C13H25NO4. The molecule has 0 saturated carbocycles. The minimum atomic E-state index is -0.914. The van der Waals surface area contributed by atoms with Crippen LogP contribution in [-0.2, 0) is 9.53 Å². The highest BCUT2D eigenvalue weighted by atomic mass is 16.6. The lowest BCUT2D eigenvalue weighted by atomic mass is 9.92. The molecular weight excluding hydrogens is 234 g/mol. The van der Waals surface area contributed by atoms with Gasteiger partial charge in [-0.2, -0.15) is 0 Å². The van der Waals surface area contributed by atoms with Crippen molar-refractivity contribution in [3.63, 3.8) is 0 Å². The van der Waals surface area contributed by atoms with E-state index in [4.69, 9.17) is 9.84 Å². The number of carbonyl (C=O) groups is 2. The van der Waals surface area contributed by atoms with Gasteiger partial charge in [0.25, 0.3) is 0 Å². The number of rotatable bonds is 6. The van der Waals surface area contributed by atoms with Gasteiger partial charge in [-0.25, -0.2) is 4.79 Å². The maximum Gasteiger partial charge on any atom is 0.407 e. The van der Waals surface area contributed by atoms with Gasteiger partial charge in [0, 0.05) is 6.04 Å². The maximum atomic E-state index is 11.7. The average Bonchev–Trinajstić information content (AvgIpc) is 2.14. The van der Waals surface area contributed by atoms with Gasteiger partial charge in [-0.05, 0) is 26.7 Å². The van der Waals surface area contributed by atoms with Gasteiger partial charge in [0.05, 0.1) is 6.42 Å². The van der Waals surface area contributed by atoms with E-state index < -0.39 is 17.7 Å². The van der Waals surface area contributed by atoms with Crippen molar-refractivity contribution >= 4 is 12.1 Å². The zero-order valence-corrected chi connectivity index (χ0v) is 11.9. The van der Waals surface area contributed by atoms with Crippen molar-refractivity contribution in [1.29, 1.82) is 0 Å². The molecule has 5 nitrogen and oxygen atoms in total. The van der Waals surface area contributed by atoms with Crippen LogP contribution in [0.4, 0.5) is 4.79 Å². The third kappa shape index (κ3) is 7.14. The lowest BCUT2D eigenvalue weighted by molar-refractivity contribution is -0.137. The van der Waals surface area contributed by atoms with Crippen LogP contribution in [-0.4, -0.2) is 28.8 Å². The fraction of sp³-hybridized carbons (Fsp3) is 0.846. The quantitative estimate of drug-likeness (QED) is 0.769. The molecule has 0 aliphatic heterocycles. The Morgan fingerprint density at radius 2 is 1.72 bits per heavy atom. The molecule has 0 saturated heterocycles. The number of nitrogens with one attached hydrogen (secondary N) is 1. The van der Waals surface area contributed by atoms with E-state index in [9.17, 15) is 9.59 Å². The Bertz CT molecular complexity index is 279. The minimum absolute atomic E-state index is 0.0778. The minimum Gasteiger partial charge on any atom is -0.481 e. The standard InChI is InChI=1S/C13H25NO4/c1-6-9(7-2)10(8-11(15)16)14-12(17)18-13(3,4)5/h9-10H,6-8H2,1-5H3,(H,14,17)(H,15,16)/t10-/m0/s1. The number of hydrogen-bond donors (Lipinski definition) is 2. The van der Waals surface area contributed by atoms with Crippen molar-refractivity contribution in [3.8, 4) is 0 Å². The number of carboxylic acids is 1. The van der Waals surface area contributed by atoms with E-state index in [0.29, 0.717) is 0 Å². The molecule has 0 spiro atoms. The zero-order valence-electron chi connectivity index (χ0n) is 11.9. The van der Waals surface area contributed by atoms with Gasteiger partial charge in [0.1, 0.15) is 5.60 Å². The molecule has 0 heterocycles. The summed E-state index contributed by atoms with van der Waals surface area (Å²) in [4.78, 5) is 22.5. The largest absolute Gasteiger partial charge is 0.481 e.